The molecule has 3 aromatic carbocycles. The third-order valence-corrected chi connectivity index (χ3v) is 4.27. The van der Waals surface area contributed by atoms with E-state index in [9.17, 15) is 4.79 Å². The second-order valence-electron chi connectivity index (χ2n) is 5.98. The Hall–Kier alpha value is -2.92. The summed E-state index contributed by atoms with van der Waals surface area (Å²) >= 11 is 3.46. The highest BCUT2D eigenvalue weighted by Crippen LogP contribution is 2.23. The third-order valence-electron chi connectivity index (χ3n) is 3.77. The van der Waals surface area contributed by atoms with Crippen molar-refractivity contribution in [2.45, 2.75) is 6.92 Å². The van der Waals surface area contributed by atoms with Gasteiger partial charge in [-0.15, -0.1) is 0 Å². The molecule has 0 unspecified atom stereocenters. The summed E-state index contributed by atoms with van der Waals surface area (Å²) in [5.41, 5.74) is 3.57. The van der Waals surface area contributed by atoms with Crippen molar-refractivity contribution in [2.75, 3.05) is 11.9 Å². The Balaban J connectivity index is 1.68. The van der Waals surface area contributed by atoms with Crippen LogP contribution in [0, 0.1) is 6.92 Å². The van der Waals surface area contributed by atoms with E-state index < -0.39 is 0 Å². The predicted molar refractivity (Wildman–Crippen MR) is 113 cm³/mol. The summed E-state index contributed by atoms with van der Waals surface area (Å²) in [6.07, 6.45) is 1.74. The van der Waals surface area contributed by atoms with E-state index in [1.807, 2.05) is 79.7 Å². The first-order chi connectivity index (χ1) is 13.1. The maximum atomic E-state index is 12.1. The lowest BCUT2D eigenvalue weighted by Crippen LogP contribution is -2.20. The lowest BCUT2D eigenvalue weighted by Gasteiger charge is -2.10. The maximum Gasteiger partial charge on any atom is 0.262 e. The molecule has 0 spiro atoms. The molecule has 0 saturated carbocycles. The molecular weight excluding hydrogens is 404 g/mol. The highest BCUT2D eigenvalue weighted by molar-refractivity contribution is 9.10. The molecule has 1 N–H and O–H groups in total. The molecule has 0 radical (unpaired) electrons. The first-order valence-electron chi connectivity index (χ1n) is 8.48. The molecule has 0 aromatic heterocycles. The van der Waals surface area contributed by atoms with Crippen molar-refractivity contribution in [3.63, 3.8) is 0 Å². The Morgan fingerprint density at radius 3 is 2.56 bits per heavy atom. The van der Waals surface area contributed by atoms with Crippen molar-refractivity contribution in [1.82, 2.24) is 0 Å². The first kappa shape index (κ1) is 18.9. The summed E-state index contributed by atoms with van der Waals surface area (Å²) in [6.45, 7) is 1.95. The highest BCUT2D eigenvalue weighted by Gasteiger charge is 2.07. The van der Waals surface area contributed by atoms with E-state index >= 15 is 0 Å². The molecule has 0 saturated heterocycles. The molecule has 0 fully saturated rings. The van der Waals surface area contributed by atoms with Crippen LogP contribution in [-0.4, -0.2) is 18.7 Å². The zero-order valence-corrected chi connectivity index (χ0v) is 16.4. The van der Waals surface area contributed by atoms with Crippen LogP contribution in [0.5, 0.6) is 5.75 Å². The van der Waals surface area contributed by atoms with Gasteiger partial charge in [0, 0.05) is 21.9 Å². The molecule has 4 nitrogen and oxygen atoms in total. The molecule has 0 aliphatic heterocycles. The van der Waals surface area contributed by atoms with Gasteiger partial charge < -0.3 is 10.1 Å². The van der Waals surface area contributed by atoms with Crippen LogP contribution in [0.15, 0.2) is 82.3 Å². The van der Waals surface area contributed by atoms with Gasteiger partial charge in [-0.05, 0) is 49.4 Å². The van der Waals surface area contributed by atoms with Crippen LogP contribution in [0.4, 0.5) is 11.4 Å². The lowest BCUT2D eigenvalue weighted by atomic mass is 10.2. The van der Waals surface area contributed by atoms with E-state index in [0.29, 0.717) is 5.75 Å². The Morgan fingerprint density at radius 2 is 1.81 bits per heavy atom. The number of amides is 1. The summed E-state index contributed by atoms with van der Waals surface area (Å²) in [6, 6.07) is 22.8. The van der Waals surface area contributed by atoms with Gasteiger partial charge in [-0.2, -0.15) is 0 Å². The molecule has 3 aromatic rings. The molecular formula is C22H19BrN2O2. The van der Waals surface area contributed by atoms with Crippen molar-refractivity contribution >= 4 is 39.4 Å². The zero-order valence-electron chi connectivity index (χ0n) is 14.9. The van der Waals surface area contributed by atoms with Gasteiger partial charge in [0.15, 0.2) is 6.61 Å². The van der Waals surface area contributed by atoms with Crippen LogP contribution >= 0.6 is 15.9 Å². The number of anilines is 1. The molecule has 0 atom stereocenters. The van der Waals surface area contributed by atoms with Gasteiger partial charge in [-0.25, -0.2) is 0 Å². The zero-order chi connectivity index (χ0) is 19.1. The maximum absolute atomic E-state index is 12.1. The van der Waals surface area contributed by atoms with Crippen molar-refractivity contribution in [3.8, 4) is 5.75 Å². The van der Waals surface area contributed by atoms with Crippen molar-refractivity contribution in [1.29, 1.82) is 0 Å². The number of rotatable bonds is 6. The van der Waals surface area contributed by atoms with Crippen LogP contribution in [0.2, 0.25) is 0 Å². The van der Waals surface area contributed by atoms with Crippen molar-refractivity contribution in [3.05, 3.63) is 88.4 Å². The normalized spacial score (nSPS) is 10.7. The predicted octanol–water partition coefficient (Wildman–Crippen LogP) is 5.53. The van der Waals surface area contributed by atoms with E-state index in [4.69, 9.17) is 4.74 Å². The number of hydrogen-bond acceptors (Lipinski definition) is 3. The van der Waals surface area contributed by atoms with Crippen LogP contribution in [0.25, 0.3) is 0 Å². The molecule has 0 bridgehead atoms. The Bertz CT molecular complexity index is 938. The summed E-state index contributed by atoms with van der Waals surface area (Å²) in [7, 11) is 0. The number of carbonyl (C=O) groups excluding carboxylic acids is 1. The summed E-state index contributed by atoms with van der Waals surface area (Å²) in [5, 5.41) is 2.80. The fraction of sp³-hybridized carbons (Fsp3) is 0.0909. The minimum Gasteiger partial charge on any atom is -0.483 e. The number of para-hydroxylation sites is 1. The second kappa shape index (κ2) is 9.14. The molecule has 0 aliphatic carbocycles. The minimum atomic E-state index is -0.217. The molecule has 136 valence electrons. The minimum absolute atomic E-state index is 0.0815. The number of aryl methyl sites for hydroxylation is 1. The van der Waals surface area contributed by atoms with Gasteiger partial charge in [0.1, 0.15) is 5.75 Å². The SMILES string of the molecule is Cc1ccc(N=Cc2cc(Br)ccc2OCC(=O)Nc2ccccc2)cc1. The smallest absolute Gasteiger partial charge is 0.262 e. The molecule has 0 heterocycles. The van der Waals surface area contributed by atoms with Gasteiger partial charge in [-0.3, -0.25) is 9.79 Å². The van der Waals surface area contributed by atoms with Gasteiger partial charge in [0.2, 0.25) is 0 Å². The van der Waals surface area contributed by atoms with Gasteiger partial charge >= 0.3 is 0 Å². The first-order valence-corrected chi connectivity index (χ1v) is 9.27. The molecule has 0 aliphatic rings. The van der Waals surface area contributed by atoms with Crippen LogP contribution in [0.3, 0.4) is 0 Å². The fourth-order valence-electron chi connectivity index (χ4n) is 2.39. The van der Waals surface area contributed by atoms with E-state index in [2.05, 4.69) is 26.2 Å². The number of halogens is 1. The number of ether oxygens (including phenoxy) is 1. The average Bonchev–Trinajstić information content (AvgIpc) is 2.67. The topological polar surface area (TPSA) is 50.7 Å². The van der Waals surface area contributed by atoms with E-state index in [0.717, 1.165) is 21.4 Å². The van der Waals surface area contributed by atoms with E-state index in [-0.39, 0.29) is 12.5 Å². The second-order valence-corrected chi connectivity index (χ2v) is 6.89. The van der Waals surface area contributed by atoms with Crippen molar-refractivity contribution in [2.24, 2.45) is 4.99 Å². The summed E-state index contributed by atoms with van der Waals surface area (Å²) in [4.78, 5) is 16.6. The lowest BCUT2D eigenvalue weighted by molar-refractivity contribution is -0.118. The number of hydrogen-bond donors (Lipinski definition) is 1. The molecule has 1 amide bonds. The summed E-state index contributed by atoms with van der Waals surface area (Å²) in [5.74, 6) is 0.378. The monoisotopic (exact) mass is 422 g/mol. The summed E-state index contributed by atoms with van der Waals surface area (Å²) < 4.78 is 6.62. The highest BCUT2D eigenvalue weighted by atomic mass is 79.9. The number of nitrogens with zero attached hydrogens (tertiary/aromatic N) is 1. The van der Waals surface area contributed by atoms with Gasteiger partial charge in [0.25, 0.3) is 5.91 Å². The van der Waals surface area contributed by atoms with Crippen LogP contribution < -0.4 is 10.1 Å². The number of carbonyl (C=O) groups is 1. The third kappa shape index (κ3) is 5.79. The quantitative estimate of drug-likeness (QED) is 0.531. The standard InChI is InChI=1S/C22H19BrN2O2/c1-16-7-10-19(11-8-16)24-14-17-13-18(23)9-12-21(17)27-15-22(26)25-20-5-3-2-4-6-20/h2-14H,15H2,1H3,(H,25,26). The van der Waals surface area contributed by atoms with Crippen LogP contribution in [0.1, 0.15) is 11.1 Å². The van der Waals surface area contributed by atoms with E-state index in [1.165, 1.54) is 5.56 Å². The average molecular weight is 423 g/mol. The fourth-order valence-corrected chi connectivity index (χ4v) is 2.77. The molecule has 5 heteroatoms. The van der Waals surface area contributed by atoms with Gasteiger partial charge in [-0.1, -0.05) is 51.8 Å². The Morgan fingerprint density at radius 1 is 1.07 bits per heavy atom. The molecule has 27 heavy (non-hydrogen) atoms. The molecule has 3 rings (SSSR count). The van der Waals surface area contributed by atoms with Crippen LogP contribution in [-0.2, 0) is 4.79 Å². The Labute approximate surface area is 167 Å². The van der Waals surface area contributed by atoms with E-state index in [1.54, 1.807) is 6.21 Å². The van der Waals surface area contributed by atoms with Crippen molar-refractivity contribution < 1.29 is 9.53 Å². The largest absolute Gasteiger partial charge is 0.483 e. The van der Waals surface area contributed by atoms with Gasteiger partial charge in [0.05, 0.1) is 5.69 Å². The number of benzene rings is 3. The number of nitrogens with one attached hydrogen (secondary N) is 1. The Kier molecular flexibility index (Phi) is 6.39. The number of aliphatic imine (C=N–C) groups is 1.